The van der Waals surface area contributed by atoms with E-state index in [4.69, 9.17) is 11.6 Å². The molecule has 1 N–H and O–H groups in total. The number of carbonyl (C=O) groups excluding carboxylic acids is 1. The smallest absolute Gasteiger partial charge is 0.234 e. The zero-order valence-corrected chi connectivity index (χ0v) is 16.3. The van der Waals surface area contributed by atoms with Crippen molar-refractivity contribution < 1.29 is 4.79 Å². The normalized spacial score (nSPS) is 11.0. The number of nitrogens with zero attached hydrogens (tertiary/aromatic N) is 2. The monoisotopic (exact) mass is 387 g/mol. The quantitative estimate of drug-likeness (QED) is 0.679. The fraction of sp³-hybridized carbons (Fsp3) is 0.400. The first-order valence-corrected chi connectivity index (χ1v) is 10.3. The number of aromatic nitrogens is 2. The average molecular weight is 388 g/mol. The van der Waals surface area contributed by atoms with Crippen molar-refractivity contribution >= 4 is 58.1 Å². The molecule has 124 valence electrons. The number of anilines is 1. The van der Waals surface area contributed by atoms with Crippen LogP contribution in [0.25, 0.3) is 0 Å². The van der Waals surface area contributed by atoms with Gasteiger partial charge in [-0.05, 0) is 30.5 Å². The first-order valence-electron chi connectivity index (χ1n) is 7.09. The molecule has 0 radical (unpaired) electrons. The Kier molecular flexibility index (Phi) is 7.20. The maximum absolute atomic E-state index is 12.0. The van der Waals surface area contributed by atoms with Crippen molar-refractivity contribution in [3.05, 3.63) is 28.8 Å². The van der Waals surface area contributed by atoms with Crippen LogP contribution in [0.3, 0.4) is 0 Å². The number of thioether (sulfide) groups is 2. The van der Waals surface area contributed by atoms with Gasteiger partial charge in [0.1, 0.15) is 0 Å². The van der Waals surface area contributed by atoms with Gasteiger partial charge in [0.05, 0.1) is 16.5 Å². The van der Waals surface area contributed by atoms with Gasteiger partial charge in [-0.25, -0.2) is 0 Å². The summed E-state index contributed by atoms with van der Waals surface area (Å²) in [6.07, 6.45) is 0. The average Bonchev–Trinajstić information content (AvgIpc) is 2.94. The molecule has 2 rings (SSSR count). The zero-order chi connectivity index (χ0) is 16.8. The molecule has 1 aromatic carbocycles. The summed E-state index contributed by atoms with van der Waals surface area (Å²) >= 11 is 10.7. The number of nitrogens with one attached hydrogen (secondary N) is 1. The van der Waals surface area contributed by atoms with Crippen molar-refractivity contribution in [2.75, 3.05) is 16.8 Å². The highest BCUT2D eigenvalue weighted by Crippen LogP contribution is 2.30. The minimum atomic E-state index is -0.104. The van der Waals surface area contributed by atoms with Crippen LogP contribution >= 0.6 is 46.5 Å². The molecule has 0 aliphatic carbocycles. The molecule has 0 unspecified atom stereocenters. The van der Waals surface area contributed by atoms with Crippen molar-refractivity contribution in [1.29, 1.82) is 0 Å². The van der Waals surface area contributed by atoms with E-state index in [1.807, 2.05) is 25.1 Å². The van der Waals surface area contributed by atoms with Gasteiger partial charge in [0.25, 0.3) is 0 Å². The molecule has 8 heteroatoms. The summed E-state index contributed by atoms with van der Waals surface area (Å²) in [6, 6.07) is 5.55. The van der Waals surface area contributed by atoms with Gasteiger partial charge in [-0.3, -0.25) is 4.79 Å². The Balaban J connectivity index is 1.82. The van der Waals surface area contributed by atoms with E-state index in [2.05, 4.69) is 29.4 Å². The van der Waals surface area contributed by atoms with Gasteiger partial charge in [-0.15, -0.1) is 10.2 Å². The molecule has 0 atom stereocenters. The number of amides is 1. The first kappa shape index (κ1) is 18.6. The van der Waals surface area contributed by atoms with Gasteiger partial charge in [0.15, 0.2) is 8.68 Å². The Morgan fingerprint density at radius 3 is 2.65 bits per heavy atom. The van der Waals surface area contributed by atoms with E-state index in [1.54, 1.807) is 11.8 Å². The highest BCUT2D eigenvalue weighted by Gasteiger charge is 2.10. The number of benzene rings is 1. The zero-order valence-electron chi connectivity index (χ0n) is 13.1. The molecule has 2 aromatic rings. The van der Waals surface area contributed by atoms with Crippen molar-refractivity contribution in [2.45, 2.75) is 29.5 Å². The van der Waals surface area contributed by atoms with Crippen LogP contribution in [0.4, 0.5) is 5.69 Å². The molecule has 23 heavy (non-hydrogen) atoms. The first-order chi connectivity index (χ1) is 10.9. The van der Waals surface area contributed by atoms with Gasteiger partial charge >= 0.3 is 0 Å². The summed E-state index contributed by atoms with van der Waals surface area (Å²) in [5, 5.41) is 11.6. The van der Waals surface area contributed by atoms with Gasteiger partial charge in [-0.2, -0.15) is 0 Å². The van der Waals surface area contributed by atoms with Crippen LogP contribution in [-0.4, -0.2) is 27.6 Å². The second-order valence-electron chi connectivity index (χ2n) is 5.36. The number of hydrogen-bond acceptors (Lipinski definition) is 6. The Labute approximate surface area is 153 Å². The molecular weight excluding hydrogens is 370 g/mol. The van der Waals surface area contributed by atoms with Crippen LogP contribution in [-0.2, 0) is 4.79 Å². The number of rotatable bonds is 7. The molecule has 0 bridgehead atoms. The molecule has 0 aliphatic rings. The maximum atomic E-state index is 12.0. The van der Waals surface area contributed by atoms with Gasteiger partial charge < -0.3 is 5.32 Å². The third kappa shape index (κ3) is 6.33. The Hall–Kier alpha value is -0.760. The molecular formula is C15H18ClN3OS3. The second kappa shape index (κ2) is 8.92. The minimum absolute atomic E-state index is 0.104. The fourth-order valence-corrected chi connectivity index (χ4v) is 4.67. The molecule has 1 heterocycles. The summed E-state index contributed by atoms with van der Waals surface area (Å²) in [6.45, 7) is 6.30. The van der Waals surface area contributed by atoms with Gasteiger partial charge in [0, 0.05) is 5.75 Å². The third-order valence-electron chi connectivity index (χ3n) is 2.65. The van der Waals surface area contributed by atoms with E-state index in [-0.39, 0.29) is 11.7 Å². The number of halogens is 1. The molecule has 0 aliphatic heterocycles. The molecule has 4 nitrogen and oxygen atoms in total. The van der Waals surface area contributed by atoms with E-state index >= 15 is 0 Å². The number of aryl methyl sites for hydroxylation is 1. The van der Waals surface area contributed by atoms with Crippen molar-refractivity contribution in [1.82, 2.24) is 10.2 Å². The van der Waals surface area contributed by atoms with Crippen molar-refractivity contribution in [3.8, 4) is 0 Å². The van der Waals surface area contributed by atoms with E-state index in [9.17, 15) is 4.79 Å². The predicted octanol–water partition coefficient (Wildman–Crippen LogP) is 4.98. The Morgan fingerprint density at radius 1 is 1.30 bits per heavy atom. The predicted molar refractivity (Wildman–Crippen MR) is 101 cm³/mol. The SMILES string of the molecule is Cc1ccc(NC(=O)CSc2nnc(SCC(C)C)s2)c(Cl)c1. The summed E-state index contributed by atoms with van der Waals surface area (Å²) < 4.78 is 1.75. The van der Waals surface area contributed by atoms with Crippen LogP contribution in [0.1, 0.15) is 19.4 Å². The van der Waals surface area contributed by atoms with Crippen LogP contribution in [0, 0.1) is 12.8 Å². The topological polar surface area (TPSA) is 54.9 Å². The van der Waals surface area contributed by atoms with E-state index < -0.39 is 0 Å². The Morgan fingerprint density at radius 2 is 2.00 bits per heavy atom. The lowest BCUT2D eigenvalue weighted by molar-refractivity contribution is -0.113. The van der Waals surface area contributed by atoms with Crippen LogP contribution in [0.2, 0.25) is 5.02 Å². The van der Waals surface area contributed by atoms with Crippen LogP contribution in [0.5, 0.6) is 0 Å². The summed E-state index contributed by atoms with van der Waals surface area (Å²) in [5.41, 5.74) is 1.69. The van der Waals surface area contributed by atoms with E-state index in [0.717, 1.165) is 20.0 Å². The number of carbonyl (C=O) groups is 1. The van der Waals surface area contributed by atoms with E-state index in [1.165, 1.54) is 23.1 Å². The van der Waals surface area contributed by atoms with Gasteiger partial charge in [-0.1, -0.05) is 66.4 Å². The van der Waals surface area contributed by atoms with Crippen molar-refractivity contribution in [2.24, 2.45) is 5.92 Å². The lowest BCUT2D eigenvalue weighted by atomic mass is 10.2. The summed E-state index contributed by atoms with van der Waals surface area (Å²) in [4.78, 5) is 12.0. The largest absolute Gasteiger partial charge is 0.324 e. The molecule has 0 fully saturated rings. The highest BCUT2D eigenvalue weighted by molar-refractivity contribution is 8.03. The molecule has 0 saturated carbocycles. The minimum Gasteiger partial charge on any atom is -0.324 e. The molecule has 0 saturated heterocycles. The summed E-state index contributed by atoms with van der Waals surface area (Å²) in [5.74, 6) is 1.82. The second-order valence-corrected chi connectivity index (χ2v) is 9.23. The van der Waals surface area contributed by atoms with Crippen molar-refractivity contribution in [3.63, 3.8) is 0 Å². The van der Waals surface area contributed by atoms with Gasteiger partial charge in [0.2, 0.25) is 5.91 Å². The molecule has 0 spiro atoms. The molecule has 1 aromatic heterocycles. The lowest BCUT2D eigenvalue weighted by Crippen LogP contribution is -2.14. The summed E-state index contributed by atoms with van der Waals surface area (Å²) in [7, 11) is 0. The van der Waals surface area contributed by atoms with Crippen LogP contribution in [0.15, 0.2) is 26.9 Å². The van der Waals surface area contributed by atoms with E-state index in [0.29, 0.717) is 16.6 Å². The fourth-order valence-electron chi connectivity index (χ4n) is 1.59. The highest BCUT2D eigenvalue weighted by atomic mass is 35.5. The van der Waals surface area contributed by atoms with Crippen LogP contribution < -0.4 is 5.32 Å². The Bertz CT molecular complexity index is 676. The standard InChI is InChI=1S/C15H18ClN3OS3/c1-9(2)7-21-14-18-19-15(23-14)22-8-13(20)17-12-5-4-10(3)6-11(12)16/h4-6,9H,7-8H2,1-3H3,(H,17,20). The molecule has 1 amide bonds. The third-order valence-corrected chi connectivity index (χ3v) is 6.58. The lowest BCUT2D eigenvalue weighted by Gasteiger charge is -2.07. The number of hydrogen-bond donors (Lipinski definition) is 1. The maximum Gasteiger partial charge on any atom is 0.234 e.